The second kappa shape index (κ2) is 14.0. The number of hydrogen-bond acceptors (Lipinski definition) is 5. The molecule has 0 spiro atoms. The Hall–Kier alpha value is -2.06. The molecule has 5 nitrogen and oxygen atoms in total. The topological polar surface area (TPSA) is 62.7 Å². The number of carboxylic acids is 1. The molecule has 1 fully saturated rings. The van der Waals surface area contributed by atoms with Crippen molar-refractivity contribution in [2.75, 3.05) is 20.2 Å². The van der Waals surface area contributed by atoms with Gasteiger partial charge in [0, 0.05) is 23.0 Å². The molecule has 1 unspecified atom stereocenters. The summed E-state index contributed by atoms with van der Waals surface area (Å²) in [4.78, 5) is 19.6. The van der Waals surface area contributed by atoms with Crippen molar-refractivity contribution >= 4 is 53.4 Å². The number of likely N-dealkylation sites (tertiary alicyclic amines) is 1. The van der Waals surface area contributed by atoms with Crippen LogP contribution >= 0.6 is 36.6 Å². The quantitative estimate of drug-likeness (QED) is 0.296. The van der Waals surface area contributed by atoms with Gasteiger partial charge in [-0.25, -0.2) is 4.39 Å². The van der Waals surface area contributed by atoms with E-state index < -0.39 is 11.9 Å². The van der Waals surface area contributed by atoms with Crippen LogP contribution < -0.4 is 4.74 Å². The maximum Gasteiger partial charge on any atom is 0.308 e. The standard InChI is InChI=1S/C27H31FN2O3S.2ClH/c1-18(34-23-8-4-7-21(28)15-23)30-14-12-20(25(17-30)27(31)32)6-3-5-19-11-13-29-26-10-9-22(33-2)16-24(19)26;;/h4,7-11,13,15-16,18,20,25H,3,5-6,12,14,17H2,1-2H3,(H,31,32);2*1H/t18?,20-,25+;;/m1../s1. The minimum absolute atomic E-state index is 0. The van der Waals surface area contributed by atoms with Gasteiger partial charge in [-0.2, -0.15) is 0 Å². The summed E-state index contributed by atoms with van der Waals surface area (Å²) < 4.78 is 18.9. The minimum atomic E-state index is -0.725. The number of ether oxygens (including phenoxy) is 1. The monoisotopic (exact) mass is 554 g/mol. The highest BCUT2D eigenvalue weighted by molar-refractivity contribution is 7.99. The van der Waals surface area contributed by atoms with Crippen molar-refractivity contribution < 1.29 is 19.0 Å². The van der Waals surface area contributed by atoms with Crippen LogP contribution in [-0.2, 0) is 11.2 Å². The Balaban J connectivity index is 0.00000228. The molecule has 0 aliphatic carbocycles. The summed E-state index contributed by atoms with van der Waals surface area (Å²) in [7, 11) is 1.66. The highest BCUT2D eigenvalue weighted by Gasteiger charge is 2.35. The second-order valence-electron chi connectivity index (χ2n) is 8.91. The van der Waals surface area contributed by atoms with Crippen LogP contribution in [0.1, 0.15) is 31.7 Å². The number of aryl methyl sites for hydroxylation is 1. The zero-order valence-corrected chi connectivity index (χ0v) is 22.9. The number of piperidine rings is 1. The minimum Gasteiger partial charge on any atom is -0.497 e. The lowest BCUT2D eigenvalue weighted by molar-refractivity contribution is -0.146. The van der Waals surface area contributed by atoms with E-state index in [4.69, 9.17) is 4.74 Å². The van der Waals surface area contributed by atoms with Gasteiger partial charge in [0.05, 0.1) is 23.9 Å². The first-order chi connectivity index (χ1) is 16.4. The molecule has 1 saturated heterocycles. The first kappa shape index (κ1) is 30.2. The Kier molecular flexibility index (Phi) is 11.8. The molecule has 3 atom stereocenters. The van der Waals surface area contributed by atoms with Crippen LogP contribution in [0.3, 0.4) is 0 Å². The second-order valence-corrected chi connectivity index (χ2v) is 10.3. The van der Waals surface area contributed by atoms with E-state index in [1.165, 1.54) is 17.7 Å². The van der Waals surface area contributed by atoms with Gasteiger partial charge in [-0.15, -0.1) is 36.6 Å². The van der Waals surface area contributed by atoms with Crippen molar-refractivity contribution in [3.8, 4) is 5.75 Å². The third-order valence-electron chi connectivity index (χ3n) is 6.78. The van der Waals surface area contributed by atoms with Crippen molar-refractivity contribution in [2.45, 2.75) is 42.9 Å². The molecule has 0 saturated carbocycles. The maximum atomic E-state index is 13.5. The molecule has 0 amide bonds. The molecule has 3 aromatic rings. The number of benzene rings is 2. The molecular formula is C27H33Cl2FN2O3S. The van der Waals surface area contributed by atoms with Gasteiger partial charge in [0.25, 0.3) is 0 Å². The number of methoxy groups -OCH3 is 1. The van der Waals surface area contributed by atoms with Crippen molar-refractivity contribution in [1.82, 2.24) is 9.88 Å². The molecule has 2 aromatic carbocycles. The van der Waals surface area contributed by atoms with Crippen molar-refractivity contribution in [1.29, 1.82) is 0 Å². The van der Waals surface area contributed by atoms with Gasteiger partial charge in [-0.1, -0.05) is 6.07 Å². The molecule has 196 valence electrons. The normalized spacial score (nSPS) is 18.6. The van der Waals surface area contributed by atoms with Gasteiger partial charge in [-0.3, -0.25) is 14.7 Å². The van der Waals surface area contributed by atoms with Crippen LogP contribution in [0, 0.1) is 17.7 Å². The number of pyridine rings is 1. The van der Waals surface area contributed by atoms with Crippen LogP contribution in [0.15, 0.2) is 59.6 Å². The van der Waals surface area contributed by atoms with Crippen molar-refractivity contribution in [3.63, 3.8) is 0 Å². The van der Waals surface area contributed by atoms with E-state index >= 15 is 0 Å². The first-order valence-corrected chi connectivity index (χ1v) is 12.6. The Labute approximate surface area is 228 Å². The number of hydrogen-bond donors (Lipinski definition) is 1. The maximum absolute atomic E-state index is 13.5. The van der Waals surface area contributed by atoms with E-state index in [1.807, 2.05) is 36.5 Å². The average Bonchev–Trinajstić information content (AvgIpc) is 2.84. The lowest BCUT2D eigenvalue weighted by Gasteiger charge is -2.39. The molecule has 1 aliphatic rings. The van der Waals surface area contributed by atoms with E-state index in [-0.39, 0.29) is 41.9 Å². The van der Waals surface area contributed by atoms with E-state index in [9.17, 15) is 14.3 Å². The predicted octanol–water partition coefficient (Wildman–Crippen LogP) is 6.71. The number of fused-ring (bicyclic) bond motifs is 1. The summed E-state index contributed by atoms with van der Waals surface area (Å²) in [5.74, 6) is -0.400. The number of thioether (sulfide) groups is 1. The molecule has 9 heteroatoms. The summed E-state index contributed by atoms with van der Waals surface area (Å²) in [5, 5.41) is 11.1. The fraction of sp³-hybridized carbons (Fsp3) is 0.407. The Bertz CT molecular complexity index is 1150. The summed E-state index contributed by atoms with van der Waals surface area (Å²) in [5.41, 5.74) is 2.16. The van der Waals surface area contributed by atoms with E-state index in [0.717, 1.165) is 53.8 Å². The number of aromatic nitrogens is 1. The van der Waals surface area contributed by atoms with Gasteiger partial charge in [0.1, 0.15) is 11.6 Å². The smallest absolute Gasteiger partial charge is 0.308 e. The largest absolute Gasteiger partial charge is 0.497 e. The van der Waals surface area contributed by atoms with Crippen LogP contribution in [0.25, 0.3) is 10.9 Å². The number of carboxylic acid groups (broad SMARTS) is 1. The van der Waals surface area contributed by atoms with Gasteiger partial charge in [-0.05, 0) is 93.1 Å². The lowest BCUT2D eigenvalue weighted by atomic mass is 9.81. The summed E-state index contributed by atoms with van der Waals surface area (Å²) in [6, 6.07) is 14.5. The van der Waals surface area contributed by atoms with Gasteiger partial charge < -0.3 is 9.84 Å². The molecule has 4 rings (SSSR count). The SMILES string of the molecule is COc1ccc2nccc(CCC[C@@H]3CCN(C(C)Sc4cccc(F)c4)C[C@@H]3C(=O)O)c2c1.Cl.Cl. The molecule has 1 aliphatic heterocycles. The molecular weight excluding hydrogens is 522 g/mol. The Morgan fingerprint density at radius 1 is 1.25 bits per heavy atom. The average molecular weight is 556 g/mol. The zero-order valence-electron chi connectivity index (χ0n) is 20.4. The lowest BCUT2D eigenvalue weighted by Crippen LogP contribution is -2.46. The summed E-state index contributed by atoms with van der Waals surface area (Å²) in [6.07, 6.45) is 5.38. The molecule has 2 heterocycles. The zero-order chi connectivity index (χ0) is 24.1. The highest BCUT2D eigenvalue weighted by Crippen LogP contribution is 2.34. The number of nitrogens with zero attached hydrogens (tertiary/aromatic N) is 2. The van der Waals surface area contributed by atoms with Crippen molar-refractivity contribution in [2.24, 2.45) is 11.8 Å². The fourth-order valence-corrected chi connectivity index (χ4v) is 5.95. The Morgan fingerprint density at radius 2 is 2.06 bits per heavy atom. The molecule has 0 bridgehead atoms. The number of aliphatic carboxylic acids is 1. The van der Waals surface area contributed by atoms with Gasteiger partial charge in [0.15, 0.2) is 0 Å². The number of rotatable bonds is 9. The van der Waals surface area contributed by atoms with E-state index in [2.05, 4.69) is 16.8 Å². The molecule has 1 N–H and O–H groups in total. The third kappa shape index (κ3) is 7.48. The van der Waals surface area contributed by atoms with Gasteiger partial charge in [0.2, 0.25) is 0 Å². The predicted molar refractivity (Wildman–Crippen MR) is 148 cm³/mol. The van der Waals surface area contributed by atoms with Crippen molar-refractivity contribution in [3.05, 3.63) is 66.1 Å². The van der Waals surface area contributed by atoms with E-state index in [0.29, 0.717) is 6.54 Å². The number of carbonyl (C=O) groups is 1. The molecule has 36 heavy (non-hydrogen) atoms. The highest BCUT2D eigenvalue weighted by atomic mass is 35.5. The van der Waals surface area contributed by atoms with E-state index in [1.54, 1.807) is 24.9 Å². The fourth-order valence-electron chi connectivity index (χ4n) is 4.88. The first-order valence-electron chi connectivity index (χ1n) is 11.8. The molecule has 0 radical (unpaired) electrons. The van der Waals surface area contributed by atoms with Crippen LogP contribution in [0.2, 0.25) is 0 Å². The summed E-state index contributed by atoms with van der Waals surface area (Å²) >= 11 is 1.58. The van der Waals surface area contributed by atoms with Crippen LogP contribution in [0.4, 0.5) is 4.39 Å². The summed E-state index contributed by atoms with van der Waals surface area (Å²) in [6.45, 7) is 3.45. The Morgan fingerprint density at radius 3 is 2.78 bits per heavy atom. The van der Waals surface area contributed by atoms with Gasteiger partial charge >= 0.3 is 5.97 Å². The third-order valence-corrected chi connectivity index (χ3v) is 7.95. The van der Waals surface area contributed by atoms with Crippen LogP contribution in [-0.4, -0.2) is 46.5 Å². The number of halogens is 3. The molecule has 1 aromatic heterocycles. The van der Waals surface area contributed by atoms with Crippen LogP contribution in [0.5, 0.6) is 5.75 Å².